The van der Waals surface area contributed by atoms with E-state index in [0.717, 1.165) is 5.56 Å². The van der Waals surface area contributed by atoms with E-state index in [1.54, 1.807) is 19.1 Å². The summed E-state index contributed by atoms with van der Waals surface area (Å²) in [6.45, 7) is 1.97. The first kappa shape index (κ1) is 14.9. The van der Waals surface area contributed by atoms with Gasteiger partial charge in [0.1, 0.15) is 6.04 Å². The molecule has 0 amide bonds. The Kier molecular flexibility index (Phi) is 5.13. The third-order valence-corrected chi connectivity index (χ3v) is 3.62. The maximum Gasteiger partial charge on any atom is 0.323 e. The molecule has 1 aromatic carbocycles. The molecule has 0 radical (unpaired) electrons. The summed E-state index contributed by atoms with van der Waals surface area (Å²) < 4.78 is 26.8. The summed E-state index contributed by atoms with van der Waals surface area (Å²) >= 11 is 0. The smallest absolute Gasteiger partial charge is 0.323 e. The summed E-state index contributed by atoms with van der Waals surface area (Å²) in [5, 5.41) is 0. The Bertz CT molecular complexity index is 512. The Morgan fingerprint density at radius 2 is 1.94 bits per heavy atom. The number of hydrogen-bond donors (Lipinski definition) is 1. The van der Waals surface area contributed by atoms with Crippen molar-refractivity contribution in [1.29, 1.82) is 0 Å². The molecular weight excluding hydrogens is 278 g/mol. The molecule has 0 saturated carbocycles. The van der Waals surface area contributed by atoms with Crippen molar-refractivity contribution in [3.63, 3.8) is 0 Å². The lowest BCUT2D eigenvalue weighted by molar-refractivity contribution is -0.144. The Morgan fingerprint density at radius 3 is 2.39 bits per heavy atom. The van der Waals surface area contributed by atoms with Crippen LogP contribution in [-0.2, 0) is 25.0 Å². The van der Waals surface area contributed by atoms with Gasteiger partial charge in [-0.1, -0.05) is 12.1 Å². The van der Waals surface area contributed by atoms with Crippen molar-refractivity contribution in [3.05, 3.63) is 29.8 Å². The quantitative estimate of drug-likeness (QED) is 0.647. The Labute approximate surface area is 110 Å². The molecule has 5 nitrogen and oxygen atoms in total. The van der Waals surface area contributed by atoms with E-state index in [-0.39, 0.29) is 17.9 Å². The average Bonchev–Trinajstić information content (AvgIpc) is 2.28. The van der Waals surface area contributed by atoms with Crippen LogP contribution in [0.2, 0.25) is 0 Å². The molecule has 0 spiro atoms. The molecule has 1 atom stereocenters. The largest absolute Gasteiger partial charge is 0.465 e. The summed E-state index contributed by atoms with van der Waals surface area (Å²) in [5.74, 6) is -0.480. The lowest BCUT2D eigenvalue weighted by Crippen LogP contribution is -2.34. The van der Waals surface area contributed by atoms with Crippen molar-refractivity contribution in [3.8, 4) is 0 Å². The first-order chi connectivity index (χ1) is 8.34. The Hall–Kier alpha value is -1.11. The van der Waals surface area contributed by atoms with Gasteiger partial charge in [-0.05, 0) is 31.0 Å². The van der Waals surface area contributed by atoms with E-state index < -0.39 is 21.1 Å². The number of esters is 1. The highest BCUT2D eigenvalue weighted by molar-refractivity contribution is 8.13. The summed E-state index contributed by atoms with van der Waals surface area (Å²) in [4.78, 5) is 11.3. The predicted octanol–water partition coefficient (Wildman–Crippen LogP) is 1.05. The third kappa shape index (κ3) is 4.29. The molecule has 0 saturated heterocycles. The van der Waals surface area contributed by atoms with Crippen LogP contribution in [0.25, 0.3) is 0 Å². The van der Waals surface area contributed by atoms with E-state index in [1.165, 1.54) is 12.1 Å². The van der Waals surface area contributed by atoms with Crippen LogP contribution in [-0.4, -0.2) is 27.0 Å². The summed E-state index contributed by atoms with van der Waals surface area (Å²) in [6.07, 6.45) is 0.279. The van der Waals surface area contributed by atoms with E-state index in [2.05, 4.69) is 0 Å². The van der Waals surface area contributed by atoms with Crippen LogP contribution in [0.4, 0.5) is 0 Å². The third-order valence-electron chi connectivity index (χ3n) is 2.25. The second-order valence-electron chi connectivity index (χ2n) is 3.64. The maximum absolute atomic E-state index is 11.3. The van der Waals surface area contributed by atoms with Gasteiger partial charge in [-0.2, -0.15) is 0 Å². The van der Waals surface area contributed by atoms with Gasteiger partial charge in [0.2, 0.25) is 0 Å². The van der Waals surface area contributed by atoms with E-state index in [0.29, 0.717) is 0 Å². The molecule has 0 aliphatic heterocycles. The van der Waals surface area contributed by atoms with Crippen LogP contribution in [0.1, 0.15) is 12.5 Å². The van der Waals surface area contributed by atoms with Crippen LogP contribution in [0.3, 0.4) is 0 Å². The number of carbonyl (C=O) groups excluding carboxylic acids is 1. The topological polar surface area (TPSA) is 86.5 Å². The fourth-order valence-corrected chi connectivity index (χ4v) is 2.14. The number of hydrogen-bond acceptors (Lipinski definition) is 5. The Balaban J connectivity index is 2.73. The molecule has 0 heterocycles. The molecule has 0 aromatic heterocycles. The second-order valence-corrected chi connectivity index (χ2v) is 6.21. The van der Waals surface area contributed by atoms with Gasteiger partial charge in [0.15, 0.2) is 0 Å². The number of rotatable bonds is 5. The molecule has 100 valence electrons. The van der Waals surface area contributed by atoms with Crippen molar-refractivity contribution in [2.24, 2.45) is 5.73 Å². The molecule has 0 aliphatic rings. The predicted molar refractivity (Wildman–Crippen MR) is 67.8 cm³/mol. The van der Waals surface area contributed by atoms with Crippen molar-refractivity contribution in [2.75, 3.05) is 6.61 Å². The van der Waals surface area contributed by atoms with Crippen LogP contribution in [0, 0.1) is 0 Å². The maximum atomic E-state index is 11.3. The van der Waals surface area contributed by atoms with Gasteiger partial charge in [0.05, 0.1) is 11.5 Å². The zero-order valence-electron chi connectivity index (χ0n) is 9.80. The van der Waals surface area contributed by atoms with E-state index >= 15 is 0 Å². The van der Waals surface area contributed by atoms with Crippen LogP contribution < -0.4 is 5.73 Å². The first-order valence-electron chi connectivity index (χ1n) is 5.30. The van der Waals surface area contributed by atoms with Crippen molar-refractivity contribution in [2.45, 2.75) is 24.3 Å². The number of nitrogens with two attached hydrogens (primary N) is 1. The van der Waals surface area contributed by atoms with Crippen LogP contribution in [0.5, 0.6) is 0 Å². The summed E-state index contributed by atoms with van der Waals surface area (Å²) in [7, 11) is 1.46. The van der Waals surface area contributed by atoms with Gasteiger partial charge in [-0.15, -0.1) is 0 Å². The van der Waals surface area contributed by atoms with Crippen LogP contribution >= 0.6 is 10.7 Å². The first-order valence-corrected chi connectivity index (χ1v) is 7.61. The van der Waals surface area contributed by atoms with Crippen LogP contribution in [0.15, 0.2) is 29.2 Å². The average molecular weight is 292 g/mol. The van der Waals surface area contributed by atoms with Crippen molar-refractivity contribution >= 4 is 25.7 Å². The van der Waals surface area contributed by atoms with Gasteiger partial charge < -0.3 is 10.5 Å². The van der Waals surface area contributed by atoms with Crippen molar-refractivity contribution < 1.29 is 17.9 Å². The summed E-state index contributed by atoms with van der Waals surface area (Å²) in [5.41, 5.74) is 6.38. The molecule has 1 aromatic rings. The minimum atomic E-state index is -3.72. The Morgan fingerprint density at radius 1 is 1.39 bits per heavy atom. The van der Waals surface area contributed by atoms with Gasteiger partial charge >= 0.3 is 5.97 Å². The lowest BCUT2D eigenvalue weighted by Gasteiger charge is -2.10. The fraction of sp³-hybridized carbons (Fsp3) is 0.364. The van der Waals surface area contributed by atoms with Gasteiger partial charge in [0, 0.05) is 10.7 Å². The lowest BCUT2D eigenvalue weighted by atomic mass is 10.1. The second kappa shape index (κ2) is 6.17. The highest BCUT2D eigenvalue weighted by Crippen LogP contribution is 2.15. The molecule has 0 fully saturated rings. The molecule has 7 heteroatoms. The summed E-state index contributed by atoms with van der Waals surface area (Å²) in [6, 6.07) is 5.11. The minimum Gasteiger partial charge on any atom is -0.465 e. The number of ether oxygens (including phenoxy) is 1. The van der Waals surface area contributed by atoms with Gasteiger partial charge in [-0.3, -0.25) is 4.79 Å². The number of carbonyl (C=O) groups is 1. The molecule has 2 N–H and O–H groups in total. The molecule has 18 heavy (non-hydrogen) atoms. The zero-order chi connectivity index (χ0) is 13.8. The van der Waals surface area contributed by atoms with Gasteiger partial charge in [-0.25, -0.2) is 8.42 Å². The monoisotopic (exact) mass is 291 g/mol. The highest BCUT2D eigenvalue weighted by atomic mass is 35.7. The minimum absolute atomic E-state index is 0.0117. The van der Waals surface area contributed by atoms with Gasteiger partial charge in [0.25, 0.3) is 9.05 Å². The highest BCUT2D eigenvalue weighted by Gasteiger charge is 2.16. The zero-order valence-corrected chi connectivity index (χ0v) is 11.4. The van der Waals surface area contributed by atoms with Crippen molar-refractivity contribution in [1.82, 2.24) is 0 Å². The van der Waals surface area contributed by atoms with E-state index in [4.69, 9.17) is 21.2 Å². The molecular formula is C11H14ClNO4S. The SMILES string of the molecule is CCOC(=O)[C@@H](N)Cc1ccc(S(=O)(=O)Cl)cc1. The number of benzene rings is 1. The fourth-order valence-electron chi connectivity index (χ4n) is 1.37. The van der Waals surface area contributed by atoms with E-state index in [1.807, 2.05) is 0 Å². The number of halogens is 1. The normalized spacial score (nSPS) is 13.1. The molecule has 0 bridgehead atoms. The standard InChI is InChI=1S/C11H14ClNO4S/c1-2-17-11(14)10(13)7-8-3-5-9(6-4-8)18(12,15)16/h3-6,10H,2,7,13H2,1H3/t10-/m0/s1. The molecule has 0 aliphatic carbocycles. The molecule has 0 unspecified atom stereocenters. The van der Waals surface area contributed by atoms with E-state index in [9.17, 15) is 13.2 Å². The molecule has 1 rings (SSSR count).